The van der Waals surface area contributed by atoms with Crippen molar-refractivity contribution in [2.75, 3.05) is 5.32 Å². The number of primary amides is 1. The Morgan fingerprint density at radius 1 is 1.40 bits per heavy atom. The van der Waals surface area contributed by atoms with Crippen LogP contribution in [0.15, 0.2) is 24.3 Å². The van der Waals surface area contributed by atoms with E-state index >= 15 is 0 Å². The van der Waals surface area contributed by atoms with Gasteiger partial charge in [-0.25, -0.2) is 9.59 Å². The fourth-order valence-electron chi connectivity index (χ4n) is 1.41. The standard InChI is InChI=1S/C13H13N3O4/c1-2-8-4-3-5-9(6-8)15-13(20)16-10(12(18)19)7-11(14)17/h1,3-6,10H,7H2,(H2,14,17)(H,18,19)(H2,15,16,20)/t10-/m1/s1. The van der Waals surface area contributed by atoms with Crippen molar-refractivity contribution in [3.8, 4) is 12.3 Å². The highest BCUT2D eigenvalue weighted by Crippen LogP contribution is 2.09. The van der Waals surface area contributed by atoms with Crippen LogP contribution in [0.3, 0.4) is 0 Å². The molecular weight excluding hydrogens is 262 g/mol. The van der Waals surface area contributed by atoms with Crippen molar-refractivity contribution in [3.63, 3.8) is 0 Å². The van der Waals surface area contributed by atoms with Crippen molar-refractivity contribution in [2.45, 2.75) is 12.5 Å². The number of nitrogens with one attached hydrogen (secondary N) is 2. The zero-order valence-corrected chi connectivity index (χ0v) is 10.4. The van der Waals surface area contributed by atoms with Crippen molar-refractivity contribution in [1.29, 1.82) is 0 Å². The largest absolute Gasteiger partial charge is 0.480 e. The highest BCUT2D eigenvalue weighted by atomic mass is 16.4. The first-order valence-electron chi connectivity index (χ1n) is 5.57. The molecule has 3 amide bonds. The molecule has 1 aromatic rings. The third kappa shape index (κ3) is 4.70. The van der Waals surface area contributed by atoms with Gasteiger partial charge in [0.15, 0.2) is 0 Å². The molecule has 0 spiro atoms. The van der Waals surface area contributed by atoms with Gasteiger partial charge in [-0.05, 0) is 18.2 Å². The van der Waals surface area contributed by atoms with Crippen LogP contribution in [0.5, 0.6) is 0 Å². The predicted molar refractivity (Wildman–Crippen MR) is 71.8 cm³/mol. The van der Waals surface area contributed by atoms with E-state index in [-0.39, 0.29) is 0 Å². The van der Waals surface area contributed by atoms with Crippen molar-refractivity contribution in [1.82, 2.24) is 5.32 Å². The maximum atomic E-state index is 11.6. The summed E-state index contributed by atoms with van der Waals surface area (Å²) in [4.78, 5) is 33.2. The van der Waals surface area contributed by atoms with Gasteiger partial charge in [-0.2, -0.15) is 0 Å². The van der Waals surface area contributed by atoms with Crippen LogP contribution < -0.4 is 16.4 Å². The Morgan fingerprint density at radius 2 is 2.10 bits per heavy atom. The average Bonchev–Trinajstić information content (AvgIpc) is 2.37. The lowest BCUT2D eigenvalue weighted by Gasteiger charge is -2.13. The van der Waals surface area contributed by atoms with Gasteiger partial charge in [0.1, 0.15) is 6.04 Å². The van der Waals surface area contributed by atoms with E-state index in [9.17, 15) is 14.4 Å². The Labute approximate surface area is 115 Å². The van der Waals surface area contributed by atoms with Gasteiger partial charge in [0.05, 0.1) is 6.42 Å². The normalized spacial score (nSPS) is 10.9. The SMILES string of the molecule is C#Cc1cccc(NC(=O)N[C@H](CC(N)=O)C(=O)O)c1. The fourth-order valence-corrected chi connectivity index (χ4v) is 1.41. The summed E-state index contributed by atoms with van der Waals surface area (Å²) in [5.41, 5.74) is 5.87. The summed E-state index contributed by atoms with van der Waals surface area (Å²) in [5, 5.41) is 13.4. The first kappa shape index (κ1) is 15.0. The average molecular weight is 275 g/mol. The van der Waals surface area contributed by atoms with Gasteiger partial charge in [0.25, 0.3) is 0 Å². The number of anilines is 1. The number of hydrogen-bond donors (Lipinski definition) is 4. The molecule has 104 valence electrons. The summed E-state index contributed by atoms with van der Waals surface area (Å²) in [6.07, 6.45) is 4.72. The molecule has 0 heterocycles. The number of carboxylic acid groups (broad SMARTS) is 1. The van der Waals surface area contributed by atoms with Gasteiger partial charge in [0.2, 0.25) is 5.91 Å². The number of benzene rings is 1. The molecule has 0 aromatic heterocycles. The molecule has 0 aliphatic rings. The minimum Gasteiger partial charge on any atom is -0.480 e. The number of carbonyl (C=O) groups excluding carboxylic acids is 2. The van der Waals surface area contributed by atoms with Gasteiger partial charge >= 0.3 is 12.0 Å². The molecule has 1 atom stereocenters. The van der Waals surface area contributed by atoms with Gasteiger partial charge in [-0.3, -0.25) is 4.79 Å². The minimum atomic E-state index is -1.39. The minimum absolute atomic E-state index is 0.404. The number of urea groups is 1. The van der Waals surface area contributed by atoms with Crippen molar-refractivity contribution in [2.24, 2.45) is 5.73 Å². The molecule has 0 aliphatic carbocycles. The van der Waals surface area contributed by atoms with Gasteiger partial charge < -0.3 is 21.5 Å². The number of aliphatic carboxylic acids is 1. The topological polar surface area (TPSA) is 122 Å². The van der Waals surface area contributed by atoms with Crippen LogP contribution in [0.25, 0.3) is 0 Å². The first-order chi connectivity index (χ1) is 9.42. The molecule has 0 unspecified atom stereocenters. The van der Waals surface area contributed by atoms with Gasteiger partial charge in [0, 0.05) is 11.3 Å². The highest BCUT2D eigenvalue weighted by molar-refractivity contribution is 5.93. The molecule has 0 saturated heterocycles. The maximum absolute atomic E-state index is 11.6. The molecule has 5 N–H and O–H groups in total. The van der Waals surface area contributed by atoms with E-state index in [0.29, 0.717) is 11.3 Å². The second kappa shape index (κ2) is 6.80. The van der Waals surface area contributed by atoms with E-state index in [1.807, 2.05) is 0 Å². The Bertz CT molecular complexity index is 577. The summed E-state index contributed by atoms with van der Waals surface area (Å²) in [6.45, 7) is 0. The number of rotatable bonds is 5. The van der Waals surface area contributed by atoms with Gasteiger partial charge in [-0.15, -0.1) is 6.42 Å². The van der Waals surface area contributed by atoms with E-state index in [0.717, 1.165) is 0 Å². The quantitative estimate of drug-likeness (QED) is 0.570. The van der Waals surface area contributed by atoms with E-state index in [1.165, 1.54) is 0 Å². The third-order valence-corrected chi connectivity index (χ3v) is 2.30. The second-order valence-electron chi connectivity index (χ2n) is 3.88. The smallest absolute Gasteiger partial charge is 0.326 e. The molecule has 7 heteroatoms. The molecule has 0 radical (unpaired) electrons. The number of carboxylic acids is 1. The summed E-state index contributed by atoms with van der Waals surface area (Å²) >= 11 is 0. The van der Waals surface area contributed by atoms with E-state index in [4.69, 9.17) is 17.3 Å². The molecule has 7 nitrogen and oxygen atoms in total. The predicted octanol–water partition coefficient (Wildman–Crippen LogP) is 0.118. The van der Waals surface area contributed by atoms with Gasteiger partial charge in [-0.1, -0.05) is 12.0 Å². The van der Waals surface area contributed by atoms with Crippen LogP contribution in [0.2, 0.25) is 0 Å². The zero-order valence-electron chi connectivity index (χ0n) is 10.4. The van der Waals surface area contributed by atoms with Crippen molar-refractivity contribution < 1.29 is 19.5 Å². The second-order valence-corrected chi connectivity index (χ2v) is 3.88. The monoisotopic (exact) mass is 275 g/mol. The van der Waals surface area contributed by atoms with Crippen LogP contribution in [-0.2, 0) is 9.59 Å². The Hall–Kier alpha value is -3.01. The molecule has 20 heavy (non-hydrogen) atoms. The van der Waals surface area contributed by atoms with Crippen molar-refractivity contribution in [3.05, 3.63) is 29.8 Å². The number of carbonyl (C=O) groups is 3. The molecule has 1 aromatic carbocycles. The number of hydrogen-bond acceptors (Lipinski definition) is 3. The van der Waals surface area contributed by atoms with Crippen LogP contribution >= 0.6 is 0 Å². The number of amides is 3. The maximum Gasteiger partial charge on any atom is 0.326 e. The molecule has 0 bridgehead atoms. The number of terminal acetylenes is 1. The lowest BCUT2D eigenvalue weighted by Crippen LogP contribution is -2.45. The third-order valence-electron chi connectivity index (χ3n) is 2.30. The zero-order chi connectivity index (χ0) is 15.1. The van der Waals surface area contributed by atoms with Crippen LogP contribution in [0.1, 0.15) is 12.0 Å². The Morgan fingerprint density at radius 3 is 2.65 bits per heavy atom. The summed E-state index contributed by atoms with van der Waals surface area (Å²) < 4.78 is 0. The van der Waals surface area contributed by atoms with E-state index < -0.39 is 30.4 Å². The lowest BCUT2D eigenvalue weighted by atomic mass is 10.2. The molecule has 1 rings (SSSR count). The Kier molecular flexibility index (Phi) is 5.12. The Balaban J connectivity index is 2.68. The molecular formula is C13H13N3O4. The van der Waals surface area contributed by atoms with Crippen LogP contribution in [-0.4, -0.2) is 29.1 Å². The van der Waals surface area contributed by atoms with E-state index in [2.05, 4.69) is 16.6 Å². The van der Waals surface area contributed by atoms with E-state index in [1.54, 1.807) is 24.3 Å². The highest BCUT2D eigenvalue weighted by Gasteiger charge is 2.22. The molecule has 0 aliphatic heterocycles. The summed E-state index contributed by atoms with van der Waals surface area (Å²) in [6, 6.07) is 4.29. The van der Waals surface area contributed by atoms with Crippen LogP contribution in [0.4, 0.5) is 10.5 Å². The summed E-state index contributed by atoms with van der Waals surface area (Å²) in [5.74, 6) is 0.221. The van der Waals surface area contributed by atoms with Crippen LogP contribution in [0, 0.1) is 12.3 Å². The molecule has 0 saturated carbocycles. The molecule has 0 fully saturated rings. The lowest BCUT2D eigenvalue weighted by molar-refractivity contribution is -0.140. The number of nitrogens with two attached hydrogens (primary N) is 1. The fraction of sp³-hybridized carbons (Fsp3) is 0.154. The summed E-state index contributed by atoms with van der Waals surface area (Å²) in [7, 11) is 0. The first-order valence-corrected chi connectivity index (χ1v) is 5.57. The van der Waals surface area contributed by atoms with Crippen molar-refractivity contribution >= 4 is 23.6 Å².